The molecule has 2 aromatic rings. The number of rotatable bonds is 4. The van der Waals surface area contributed by atoms with Crippen molar-refractivity contribution in [2.45, 2.75) is 23.5 Å². The summed E-state index contributed by atoms with van der Waals surface area (Å²) >= 11 is 1.59. The highest BCUT2D eigenvalue weighted by Crippen LogP contribution is 2.35. The predicted molar refractivity (Wildman–Crippen MR) is 110 cm³/mol. The van der Waals surface area contributed by atoms with Gasteiger partial charge in [-0.25, -0.2) is 9.18 Å². The molecule has 4 atom stereocenters. The van der Waals surface area contributed by atoms with Crippen LogP contribution >= 0.6 is 11.8 Å². The highest BCUT2D eigenvalue weighted by atomic mass is 32.2. The molecule has 29 heavy (non-hydrogen) atoms. The summed E-state index contributed by atoms with van der Waals surface area (Å²) in [6.45, 7) is 0. The third kappa shape index (κ3) is 3.88. The Labute approximate surface area is 173 Å². The summed E-state index contributed by atoms with van der Waals surface area (Å²) in [6.07, 6.45) is -0.613. The monoisotopic (exact) mass is 414 g/mol. The van der Waals surface area contributed by atoms with E-state index in [1.165, 1.54) is 24.1 Å². The van der Waals surface area contributed by atoms with Gasteiger partial charge in [0, 0.05) is 19.8 Å². The van der Waals surface area contributed by atoms with Gasteiger partial charge in [0.25, 0.3) is 0 Å². The van der Waals surface area contributed by atoms with Crippen molar-refractivity contribution in [1.82, 2.24) is 20.4 Å². The molecular weight excluding hydrogens is 391 g/mol. The number of hydrogen-bond donors (Lipinski definition) is 2. The second kappa shape index (κ2) is 8.14. The lowest BCUT2D eigenvalue weighted by molar-refractivity contribution is -0.140. The molecule has 0 spiro atoms. The van der Waals surface area contributed by atoms with Crippen molar-refractivity contribution in [1.29, 1.82) is 0 Å². The second-order valence-corrected chi connectivity index (χ2v) is 8.43. The number of carbonyl (C=O) groups is 2. The molecule has 2 fully saturated rings. The first-order valence-corrected chi connectivity index (χ1v) is 10.5. The summed E-state index contributed by atoms with van der Waals surface area (Å²) in [5.74, 6) is -0.293. The zero-order valence-corrected chi connectivity index (χ0v) is 17.0. The topological polar surface area (TPSA) is 64.7 Å². The quantitative estimate of drug-likeness (QED) is 0.806. The number of benzene rings is 2. The molecule has 4 unspecified atom stereocenters. The minimum Gasteiger partial charge on any atom is -0.311 e. The Morgan fingerprint density at radius 1 is 1.00 bits per heavy atom. The van der Waals surface area contributed by atoms with Crippen molar-refractivity contribution in [3.8, 4) is 0 Å². The highest BCUT2D eigenvalue weighted by Gasteiger charge is 2.50. The molecular formula is C21H23FN4O2S. The number of nitrogens with one attached hydrogen (secondary N) is 2. The van der Waals surface area contributed by atoms with Gasteiger partial charge in [-0.15, -0.1) is 11.8 Å². The average molecular weight is 415 g/mol. The average Bonchev–Trinajstić information content (AvgIpc) is 2.75. The number of urea groups is 1. The molecule has 2 aromatic carbocycles. The van der Waals surface area contributed by atoms with Crippen LogP contribution in [0.5, 0.6) is 0 Å². The molecule has 152 valence electrons. The summed E-state index contributed by atoms with van der Waals surface area (Å²) in [6, 6.07) is 15.9. The van der Waals surface area contributed by atoms with Gasteiger partial charge < -0.3 is 4.90 Å². The van der Waals surface area contributed by atoms with Gasteiger partial charge in [-0.3, -0.25) is 20.3 Å². The maximum atomic E-state index is 13.2. The van der Waals surface area contributed by atoms with Crippen LogP contribution in [0.4, 0.5) is 9.18 Å². The summed E-state index contributed by atoms with van der Waals surface area (Å²) < 4.78 is 13.2. The van der Waals surface area contributed by atoms with Gasteiger partial charge in [-0.05, 0) is 23.3 Å². The van der Waals surface area contributed by atoms with E-state index in [-0.39, 0.29) is 29.3 Å². The summed E-state index contributed by atoms with van der Waals surface area (Å²) in [5, 5.41) is 6.73. The Morgan fingerprint density at radius 2 is 1.69 bits per heavy atom. The first-order chi connectivity index (χ1) is 14.0. The third-order valence-electron chi connectivity index (χ3n) is 5.43. The van der Waals surface area contributed by atoms with E-state index in [0.717, 1.165) is 11.1 Å². The van der Waals surface area contributed by atoms with Gasteiger partial charge in [-0.1, -0.05) is 42.5 Å². The normalized spacial score (nSPS) is 27.1. The number of halogens is 1. The fourth-order valence-electron chi connectivity index (χ4n) is 3.80. The molecule has 2 aliphatic rings. The van der Waals surface area contributed by atoms with Crippen LogP contribution in [-0.2, 0) is 10.5 Å². The van der Waals surface area contributed by atoms with E-state index >= 15 is 0 Å². The smallest absolute Gasteiger partial charge is 0.311 e. The van der Waals surface area contributed by atoms with Gasteiger partial charge in [0.1, 0.15) is 5.82 Å². The van der Waals surface area contributed by atoms with Crippen LogP contribution in [-0.4, -0.2) is 47.4 Å². The van der Waals surface area contributed by atoms with Crippen molar-refractivity contribution in [2.24, 2.45) is 5.92 Å². The maximum absolute atomic E-state index is 13.2. The van der Waals surface area contributed by atoms with E-state index in [4.69, 9.17) is 0 Å². The first-order valence-electron chi connectivity index (χ1n) is 9.43. The Balaban J connectivity index is 1.61. The fraction of sp³-hybridized carbons (Fsp3) is 0.333. The number of nitrogens with zero attached hydrogens (tertiary/aromatic N) is 2. The molecule has 6 nitrogen and oxygen atoms in total. The van der Waals surface area contributed by atoms with Crippen LogP contribution in [0.3, 0.4) is 0 Å². The van der Waals surface area contributed by atoms with Gasteiger partial charge in [-0.2, -0.15) is 0 Å². The van der Waals surface area contributed by atoms with Crippen LogP contribution in [0.15, 0.2) is 54.6 Å². The van der Waals surface area contributed by atoms with E-state index in [1.807, 2.05) is 30.3 Å². The summed E-state index contributed by atoms with van der Waals surface area (Å²) in [7, 11) is 3.23. The van der Waals surface area contributed by atoms with Crippen LogP contribution in [0.1, 0.15) is 17.3 Å². The standard InChI is InChI=1S/C21H23FN4O2S/c1-25-18-16(20(27)26(2)21(25)28)19(29-12-13-8-10-15(22)11-9-13)24-17(23-18)14-6-4-3-5-7-14/h3-11,16-19,23-24H,12H2,1-2H3. The van der Waals surface area contributed by atoms with Crippen LogP contribution in [0, 0.1) is 11.7 Å². The van der Waals surface area contributed by atoms with Crippen molar-refractivity contribution < 1.29 is 14.0 Å². The van der Waals surface area contributed by atoms with Crippen LogP contribution < -0.4 is 10.6 Å². The van der Waals surface area contributed by atoms with E-state index in [2.05, 4.69) is 10.6 Å². The molecule has 0 radical (unpaired) electrons. The van der Waals surface area contributed by atoms with Gasteiger partial charge >= 0.3 is 6.03 Å². The minimum atomic E-state index is -0.437. The van der Waals surface area contributed by atoms with Crippen LogP contribution in [0.2, 0.25) is 0 Å². The molecule has 2 saturated heterocycles. The van der Waals surface area contributed by atoms with Crippen molar-refractivity contribution in [3.05, 3.63) is 71.5 Å². The maximum Gasteiger partial charge on any atom is 0.327 e. The number of hydrogen-bond acceptors (Lipinski definition) is 5. The number of amides is 3. The Morgan fingerprint density at radius 3 is 2.38 bits per heavy atom. The van der Waals surface area contributed by atoms with E-state index < -0.39 is 12.1 Å². The first kappa shape index (κ1) is 19.9. The molecule has 2 heterocycles. The van der Waals surface area contributed by atoms with E-state index in [0.29, 0.717) is 5.75 Å². The number of carbonyl (C=O) groups excluding carboxylic acids is 2. The zero-order chi connectivity index (χ0) is 20.5. The van der Waals surface area contributed by atoms with Gasteiger partial charge in [0.2, 0.25) is 5.91 Å². The SMILES string of the molecule is CN1C(=O)C2C(SCc3ccc(F)cc3)NC(c3ccccc3)NC2N(C)C1=O. The third-order valence-corrected chi connectivity index (χ3v) is 6.72. The fourth-order valence-corrected chi connectivity index (χ4v) is 5.07. The lowest BCUT2D eigenvalue weighted by Crippen LogP contribution is -2.72. The minimum absolute atomic E-state index is 0.199. The summed E-state index contributed by atoms with van der Waals surface area (Å²) in [5.41, 5.74) is 2.01. The lowest BCUT2D eigenvalue weighted by atomic mass is 9.96. The molecule has 2 N–H and O–H groups in total. The Hall–Kier alpha value is -2.42. The van der Waals surface area contributed by atoms with Crippen LogP contribution in [0.25, 0.3) is 0 Å². The summed E-state index contributed by atoms with van der Waals surface area (Å²) in [4.78, 5) is 28.2. The van der Waals surface area contributed by atoms with Crippen molar-refractivity contribution in [3.63, 3.8) is 0 Å². The molecule has 0 bridgehead atoms. The molecule has 3 amide bonds. The Bertz CT molecular complexity index is 895. The van der Waals surface area contributed by atoms with Crippen molar-refractivity contribution in [2.75, 3.05) is 14.1 Å². The molecule has 0 aliphatic carbocycles. The van der Waals surface area contributed by atoms with E-state index in [1.54, 1.807) is 35.8 Å². The molecule has 0 aromatic heterocycles. The molecule has 2 aliphatic heterocycles. The molecule has 0 saturated carbocycles. The largest absolute Gasteiger partial charge is 0.327 e. The number of imide groups is 1. The second-order valence-electron chi connectivity index (χ2n) is 7.30. The zero-order valence-electron chi connectivity index (χ0n) is 16.2. The lowest BCUT2D eigenvalue weighted by Gasteiger charge is -2.50. The van der Waals surface area contributed by atoms with Gasteiger partial charge in [0.15, 0.2) is 0 Å². The molecule has 8 heteroatoms. The van der Waals surface area contributed by atoms with E-state index in [9.17, 15) is 14.0 Å². The number of thioether (sulfide) groups is 1. The van der Waals surface area contributed by atoms with Gasteiger partial charge in [0.05, 0.1) is 23.6 Å². The highest BCUT2D eigenvalue weighted by molar-refractivity contribution is 7.99. The molecule has 4 rings (SSSR count). The number of fused-ring (bicyclic) bond motifs is 1. The van der Waals surface area contributed by atoms with Crippen molar-refractivity contribution >= 4 is 23.7 Å². The Kier molecular flexibility index (Phi) is 5.58. The predicted octanol–water partition coefficient (Wildman–Crippen LogP) is 2.74.